The number of carbonyl (C=O) groups excluding carboxylic acids is 1. The van der Waals surface area contributed by atoms with Crippen molar-refractivity contribution in [3.63, 3.8) is 0 Å². The predicted molar refractivity (Wildman–Crippen MR) is 91.5 cm³/mol. The Kier molecular flexibility index (Phi) is 5.76. The van der Waals surface area contributed by atoms with E-state index in [9.17, 15) is 4.79 Å². The molecule has 1 aromatic heterocycles. The van der Waals surface area contributed by atoms with Crippen LogP contribution in [-0.4, -0.2) is 29.5 Å². The number of nitrogens with zero attached hydrogens (tertiary/aromatic N) is 2. The maximum absolute atomic E-state index is 12.4. The highest BCUT2D eigenvalue weighted by molar-refractivity contribution is 6.31. The molecule has 0 atom stereocenters. The van der Waals surface area contributed by atoms with E-state index < -0.39 is 0 Å². The number of nitrogens with one attached hydrogen (secondary N) is 2. The quantitative estimate of drug-likeness (QED) is 0.845. The predicted octanol–water partition coefficient (Wildman–Crippen LogP) is 3.52. The normalized spacial score (nSPS) is 10.3. The summed E-state index contributed by atoms with van der Waals surface area (Å²) < 4.78 is 5.25. The topological polar surface area (TPSA) is 76.1 Å². The van der Waals surface area contributed by atoms with Gasteiger partial charge in [-0.05, 0) is 31.0 Å². The van der Waals surface area contributed by atoms with Crippen LogP contribution in [0.3, 0.4) is 0 Å². The molecule has 1 heterocycles. The van der Waals surface area contributed by atoms with E-state index in [1.807, 2.05) is 13.8 Å². The third kappa shape index (κ3) is 4.32. The van der Waals surface area contributed by atoms with E-state index in [1.54, 1.807) is 24.4 Å². The number of aromatic nitrogens is 2. The molecule has 122 valence electrons. The van der Waals surface area contributed by atoms with Crippen molar-refractivity contribution in [3.8, 4) is 5.75 Å². The first-order valence-electron chi connectivity index (χ1n) is 7.27. The standard InChI is InChI=1S/C16H19ClN4O2/c1-4-6-18-16-19-7-5-12(21-16)15(22)20-13-8-10(2)11(17)9-14(13)23-3/h5,7-9H,4,6H2,1-3H3,(H,20,22)(H,18,19,21). The molecule has 1 amide bonds. The van der Waals surface area contributed by atoms with Gasteiger partial charge in [-0.3, -0.25) is 4.79 Å². The largest absolute Gasteiger partial charge is 0.495 e. The van der Waals surface area contributed by atoms with Crippen molar-refractivity contribution in [2.75, 3.05) is 24.3 Å². The lowest BCUT2D eigenvalue weighted by molar-refractivity contribution is 0.102. The smallest absolute Gasteiger partial charge is 0.274 e. The second-order valence-corrected chi connectivity index (χ2v) is 5.36. The highest BCUT2D eigenvalue weighted by atomic mass is 35.5. The zero-order chi connectivity index (χ0) is 16.8. The first-order chi connectivity index (χ1) is 11.0. The van der Waals surface area contributed by atoms with Gasteiger partial charge in [-0.1, -0.05) is 18.5 Å². The minimum absolute atomic E-state index is 0.272. The number of hydrogen-bond donors (Lipinski definition) is 2. The van der Waals surface area contributed by atoms with Gasteiger partial charge in [-0.25, -0.2) is 9.97 Å². The number of halogens is 1. The summed E-state index contributed by atoms with van der Waals surface area (Å²) in [6, 6.07) is 4.99. The van der Waals surface area contributed by atoms with E-state index in [0.29, 0.717) is 22.4 Å². The van der Waals surface area contributed by atoms with Gasteiger partial charge in [0.05, 0.1) is 12.8 Å². The Morgan fingerprint density at radius 2 is 2.17 bits per heavy atom. The van der Waals surface area contributed by atoms with Crippen LogP contribution in [0.25, 0.3) is 0 Å². The molecule has 0 radical (unpaired) electrons. The molecule has 0 aliphatic carbocycles. The average molecular weight is 335 g/mol. The lowest BCUT2D eigenvalue weighted by Crippen LogP contribution is -2.16. The summed E-state index contributed by atoms with van der Waals surface area (Å²) in [5, 5.41) is 6.41. The van der Waals surface area contributed by atoms with Gasteiger partial charge >= 0.3 is 0 Å². The Labute approximate surface area is 140 Å². The molecule has 0 spiro atoms. The van der Waals surface area contributed by atoms with Crippen LogP contribution in [-0.2, 0) is 0 Å². The lowest BCUT2D eigenvalue weighted by atomic mass is 10.2. The minimum atomic E-state index is -0.341. The SMILES string of the molecule is CCCNc1nccc(C(=O)Nc2cc(C)c(Cl)cc2OC)n1. The summed E-state index contributed by atoms with van der Waals surface area (Å²) in [5.41, 5.74) is 1.66. The van der Waals surface area contributed by atoms with Crippen LogP contribution >= 0.6 is 11.6 Å². The number of aryl methyl sites for hydroxylation is 1. The third-order valence-electron chi connectivity index (χ3n) is 3.15. The van der Waals surface area contributed by atoms with Crippen molar-refractivity contribution in [2.45, 2.75) is 20.3 Å². The molecule has 0 fully saturated rings. The van der Waals surface area contributed by atoms with Gasteiger partial charge in [0.25, 0.3) is 5.91 Å². The van der Waals surface area contributed by atoms with E-state index >= 15 is 0 Å². The Bertz CT molecular complexity index is 706. The zero-order valence-electron chi connectivity index (χ0n) is 13.3. The Morgan fingerprint density at radius 1 is 1.39 bits per heavy atom. The summed E-state index contributed by atoms with van der Waals surface area (Å²) in [4.78, 5) is 20.7. The van der Waals surface area contributed by atoms with E-state index in [1.165, 1.54) is 7.11 Å². The summed E-state index contributed by atoms with van der Waals surface area (Å²) in [5.74, 6) is 0.582. The number of carbonyl (C=O) groups is 1. The van der Waals surface area contributed by atoms with Gasteiger partial charge < -0.3 is 15.4 Å². The first kappa shape index (κ1) is 17.0. The molecular weight excluding hydrogens is 316 g/mol. The monoisotopic (exact) mass is 334 g/mol. The molecule has 7 heteroatoms. The van der Waals surface area contributed by atoms with Gasteiger partial charge in [-0.2, -0.15) is 0 Å². The van der Waals surface area contributed by atoms with Crippen LogP contribution in [0.4, 0.5) is 11.6 Å². The molecule has 2 N–H and O–H groups in total. The Hall–Kier alpha value is -2.34. The molecule has 2 aromatic rings. The van der Waals surface area contributed by atoms with E-state index in [-0.39, 0.29) is 11.6 Å². The summed E-state index contributed by atoms with van der Waals surface area (Å²) in [6.45, 7) is 4.64. The molecule has 0 bridgehead atoms. The maximum atomic E-state index is 12.4. The van der Waals surface area contributed by atoms with Gasteiger partial charge in [0, 0.05) is 23.8 Å². The number of benzene rings is 1. The summed E-state index contributed by atoms with van der Waals surface area (Å²) >= 11 is 6.07. The summed E-state index contributed by atoms with van der Waals surface area (Å²) in [7, 11) is 1.52. The second kappa shape index (κ2) is 7.78. The van der Waals surface area contributed by atoms with E-state index in [4.69, 9.17) is 16.3 Å². The van der Waals surface area contributed by atoms with Crippen molar-refractivity contribution in [3.05, 3.63) is 40.7 Å². The third-order valence-corrected chi connectivity index (χ3v) is 3.56. The van der Waals surface area contributed by atoms with Crippen molar-refractivity contribution in [2.24, 2.45) is 0 Å². The number of amides is 1. The van der Waals surface area contributed by atoms with Crippen molar-refractivity contribution in [1.29, 1.82) is 0 Å². The van der Waals surface area contributed by atoms with Crippen molar-refractivity contribution in [1.82, 2.24) is 9.97 Å². The van der Waals surface area contributed by atoms with Crippen LogP contribution < -0.4 is 15.4 Å². The van der Waals surface area contributed by atoms with Gasteiger partial charge in [0.2, 0.25) is 5.95 Å². The molecule has 0 aliphatic rings. The first-order valence-corrected chi connectivity index (χ1v) is 7.65. The van der Waals surface area contributed by atoms with Gasteiger partial charge in [-0.15, -0.1) is 0 Å². The maximum Gasteiger partial charge on any atom is 0.274 e. The Balaban J connectivity index is 2.20. The molecule has 0 saturated carbocycles. The molecular formula is C16H19ClN4O2. The molecule has 0 aliphatic heterocycles. The molecule has 23 heavy (non-hydrogen) atoms. The lowest BCUT2D eigenvalue weighted by Gasteiger charge is -2.12. The fourth-order valence-corrected chi connectivity index (χ4v) is 2.08. The fraction of sp³-hybridized carbons (Fsp3) is 0.312. The van der Waals surface area contributed by atoms with Crippen LogP contribution in [0.1, 0.15) is 29.4 Å². The van der Waals surface area contributed by atoms with Crippen LogP contribution in [0.15, 0.2) is 24.4 Å². The average Bonchev–Trinajstić information content (AvgIpc) is 2.56. The van der Waals surface area contributed by atoms with Crippen LogP contribution in [0.2, 0.25) is 5.02 Å². The number of rotatable bonds is 6. The molecule has 0 saturated heterocycles. The minimum Gasteiger partial charge on any atom is -0.495 e. The number of hydrogen-bond acceptors (Lipinski definition) is 5. The van der Waals surface area contributed by atoms with E-state index in [0.717, 1.165) is 18.5 Å². The molecule has 1 aromatic carbocycles. The number of methoxy groups -OCH3 is 1. The number of anilines is 2. The summed E-state index contributed by atoms with van der Waals surface area (Å²) in [6.07, 6.45) is 2.49. The van der Waals surface area contributed by atoms with Crippen LogP contribution in [0.5, 0.6) is 5.75 Å². The fourth-order valence-electron chi connectivity index (χ4n) is 1.92. The van der Waals surface area contributed by atoms with Crippen molar-refractivity contribution >= 4 is 29.1 Å². The second-order valence-electron chi connectivity index (χ2n) is 4.95. The zero-order valence-corrected chi connectivity index (χ0v) is 14.1. The molecule has 2 rings (SSSR count). The number of ether oxygens (including phenoxy) is 1. The van der Waals surface area contributed by atoms with Gasteiger partial charge in [0.15, 0.2) is 0 Å². The van der Waals surface area contributed by atoms with Crippen molar-refractivity contribution < 1.29 is 9.53 Å². The van der Waals surface area contributed by atoms with Gasteiger partial charge in [0.1, 0.15) is 11.4 Å². The van der Waals surface area contributed by atoms with Crippen LogP contribution in [0, 0.1) is 6.92 Å². The highest BCUT2D eigenvalue weighted by Crippen LogP contribution is 2.31. The molecule has 0 unspecified atom stereocenters. The molecule has 6 nitrogen and oxygen atoms in total. The highest BCUT2D eigenvalue weighted by Gasteiger charge is 2.13. The Morgan fingerprint density at radius 3 is 2.87 bits per heavy atom. The van der Waals surface area contributed by atoms with E-state index in [2.05, 4.69) is 20.6 Å².